The Morgan fingerprint density at radius 2 is 1.43 bits per heavy atom. The second kappa shape index (κ2) is 11.1. The lowest BCUT2D eigenvalue weighted by Crippen LogP contribution is -3.11. The van der Waals surface area contributed by atoms with Gasteiger partial charge in [0.05, 0.1) is 24.3 Å². The molecule has 0 aliphatic heterocycles. The summed E-state index contributed by atoms with van der Waals surface area (Å²) in [5.74, 6) is -0.634. The van der Waals surface area contributed by atoms with Crippen LogP contribution in [0.2, 0.25) is 0 Å². The molecule has 0 saturated carbocycles. The van der Waals surface area contributed by atoms with Gasteiger partial charge in [-0.2, -0.15) is 0 Å². The van der Waals surface area contributed by atoms with Gasteiger partial charge >= 0.3 is 0 Å². The molecule has 0 bridgehead atoms. The third kappa shape index (κ3) is 7.33. The first kappa shape index (κ1) is 23.1. The average Bonchev–Trinajstić information content (AvgIpc) is 2.67. The monoisotopic (exact) mass is 411 g/mol. The molecule has 4 N–H and O–H groups in total. The van der Waals surface area contributed by atoms with Crippen LogP contribution in [-0.4, -0.2) is 43.9 Å². The maximum atomic E-state index is 12.8. The number of benzene rings is 2. The smallest absolute Gasteiger partial charge is 0.279 e. The van der Waals surface area contributed by atoms with Crippen molar-refractivity contribution in [1.82, 2.24) is 10.6 Å². The molecule has 0 aliphatic carbocycles. The van der Waals surface area contributed by atoms with E-state index in [1.807, 2.05) is 51.1 Å². The summed E-state index contributed by atoms with van der Waals surface area (Å²) in [6.07, 6.45) is 0. The molecule has 160 valence electrons. The van der Waals surface area contributed by atoms with Crippen molar-refractivity contribution in [2.24, 2.45) is 0 Å². The third-order valence-corrected chi connectivity index (χ3v) is 4.47. The second-order valence-electron chi connectivity index (χ2n) is 7.73. The largest absolute Gasteiger partial charge is 0.349 e. The van der Waals surface area contributed by atoms with Crippen LogP contribution in [-0.2, 0) is 9.59 Å². The molecule has 7 heteroatoms. The van der Waals surface area contributed by atoms with Crippen molar-refractivity contribution in [3.05, 3.63) is 65.7 Å². The first-order valence-corrected chi connectivity index (χ1v) is 10.1. The Labute approximate surface area is 177 Å². The predicted octanol–water partition coefficient (Wildman–Crippen LogP) is 1.16. The van der Waals surface area contributed by atoms with Crippen molar-refractivity contribution in [2.75, 3.05) is 25.5 Å². The molecule has 2 aromatic carbocycles. The van der Waals surface area contributed by atoms with E-state index in [0.29, 0.717) is 11.3 Å². The van der Waals surface area contributed by atoms with Gasteiger partial charge in [-0.3, -0.25) is 14.4 Å². The zero-order chi connectivity index (χ0) is 22.1. The van der Waals surface area contributed by atoms with Gasteiger partial charge in [0.15, 0.2) is 13.1 Å². The van der Waals surface area contributed by atoms with Crippen molar-refractivity contribution < 1.29 is 19.3 Å². The lowest BCUT2D eigenvalue weighted by molar-refractivity contribution is -0.862. The number of amides is 3. The van der Waals surface area contributed by atoms with E-state index in [1.165, 1.54) is 0 Å². The van der Waals surface area contributed by atoms with Crippen molar-refractivity contribution in [1.29, 1.82) is 0 Å². The Bertz CT molecular complexity index is 868. The number of nitrogens with one attached hydrogen (secondary N) is 4. The van der Waals surface area contributed by atoms with Gasteiger partial charge in [-0.05, 0) is 38.5 Å². The number of carbonyl (C=O) groups excluding carboxylic acids is 3. The van der Waals surface area contributed by atoms with Gasteiger partial charge in [-0.25, -0.2) is 0 Å². The van der Waals surface area contributed by atoms with Crippen LogP contribution in [0.5, 0.6) is 0 Å². The fraction of sp³-hybridized carbons (Fsp3) is 0.348. The first-order valence-electron chi connectivity index (χ1n) is 10.1. The number of carbonyl (C=O) groups is 3. The summed E-state index contributed by atoms with van der Waals surface area (Å²) in [7, 11) is 1.78. The van der Waals surface area contributed by atoms with E-state index in [4.69, 9.17) is 0 Å². The summed E-state index contributed by atoms with van der Waals surface area (Å²) in [6.45, 7) is 6.00. The molecular formula is C23H31N4O3+. The Hall–Kier alpha value is -3.19. The highest BCUT2D eigenvalue weighted by Gasteiger charge is 2.18. The van der Waals surface area contributed by atoms with Crippen molar-refractivity contribution in [3.8, 4) is 0 Å². The lowest BCUT2D eigenvalue weighted by atomic mass is 10.1. The summed E-state index contributed by atoms with van der Waals surface area (Å²) < 4.78 is 0. The second-order valence-corrected chi connectivity index (χ2v) is 7.73. The molecular weight excluding hydrogens is 380 g/mol. The number of likely N-dealkylation sites (N-methyl/N-ethyl adjacent to an activating group) is 1. The van der Waals surface area contributed by atoms with E-state index in [1.54, 1.807) is 31.3 Å². The zero-order valence-electron chi connectivity index (χ0n) is 18.0. The first-order chi connectivity index (χ1) is 14.3. The molecule has 2 rings (SSSR count). The molecule has 0 radical (unpaired) electrons. The number of hydrogen-bond donors (Lipinski definition) is 4. The summed E-state index contributed by atoms with van der Waals surface area (Å²) in [6, 6.07) is 16.5. The summed E-state index contributed by atoms with van der Waals surface area (Å²) in [5.41, 5.74) is 1.83. The average molecular weight is 412 g/mol. The highest BCUT2D eigenvalue weighted by Crippen LogP contribution is 2.17. The van der Waals surface area contributed by atoms with E-state index < -0.39 is 0 Å². The Morgan fingerprint density at radius 1 is 0.833 bits per heavy atom. The highest BCUT2D eigenvalue weighted by molar-refractivity contribution is 6.04. The standard InChI is InChI=1S/C23H30N4O3/c1-16(2)24-21(28)14-27(4)15-22(29)26-20-13-9-8-12-19(20)23(30)25-17(3)18-10-6-5-7-11-18/h5-13,16-17H,14-15H2,1-4H3,(H,24,28)(H,25,30)(H,26,29)/p+1/t17-/m0/s1. The number of anilines is 1. The van der Waals surface area contributed by atoms with Gasteiger partial charge in [0, 0.05) is 6.04 Å². The molecule has 30 heavy (non-hydrogen) atoms. The van der Waals surface area contributed by atoms with E-state index in [2.05, 4.69) is 16.0 Å². The minimum atomic E-state index is -0.265. The van der Waals surface area contributed by atoms with E-state index >= 15 is 0 Å². The number of hydrogen-bond acceptors (Lipinski definition) is 3. The van der Waals surface area contributed by atoms with Crippen LogP contribution in [0.4, 0.5) is 5.69 Å². The van der Waals surface area contributed by atoms with Crippen molar-refractivity contribution in [2.45, 2.75) is 32.9 Å². The molecule has 2 aromatic rings. The quantitative estimate of drug-likeness (QED) is 0.499. The predicted molar refractivity (Wildman–Crippen MR) is 117 cm³/mol. The molecule has 0 fully saturated rings. The van der Waals surface area contributed by atoms with Crippen LogP contribution in [0.3, 0.4) is 0 Å². The van der Waals surface area contributed by atoms with Crippen molar-refractivity contribution in [3.63, 3.8) is 0 Å². The van der Waals surface area contributed by atoms with Gasteiger partial charge < -0.3 is 20.9 Å². The van der Waals surface area contributed by atoms with E-state index in [9.17, 15) is 14.4 Å². The van der Waals surface area contributed by atoms with Crippen molar-refractivity contribution >= 4 is 23.4 Å². The molecule has 7 nitrogen and oxygen atoms in total. The lowest BCUT2D eigenvalue weighted by Gasteiger charge is -2.17. The van der Waals surface area contributed by atoms with Crippen LogP contribution in [0, 0.1) is 0 Å². The molecule has 0 saturated heterocycles. The molecule has 0 aromatic heterocycles. The van der Waals surface area contributed by atoms with Crippen LogP contribution < -0.4 is 20.9 Å². The summed E-state index contributed by atoms with van der Waals surface area (Å²) >= 11 is 0. The summed E-state index contributed by atoms with van der Waals surface area (Å²) in [4.78, 5) is 37.8. The normalized spacial score (nSPS) is 12.7. The number of para-hydroxylation sites is 1. The molecule has 1 unspecified atom stereocenters. The van der Waals surface area contributed by atoms with Crippen LogP contribution in [0.15, 0.2) is 54.6 Å². The maximum absolute atomic E-state index is 12.8. The summed E-state index contributed by atoms with van der Waals surface area (Å²) in [5, 5.41) is 8.57. The molecule has 3 amide bonds. The van der Waals surface area contributed by atoms with E-state index in [0.717, 1.165) is 10.5 Å². The molecule has 0 aliphatic rings. The zero-order valence-corrected chi connectivity index (χ0v) is 18.0. The van der Waals surface area contributed by atoms with Gasteiger partial charge in [-0.15, -0.1) is 0 Å². The van der Waals surface area contributed by atoms with Crippen LogP contribution in [0.1, 0.15) is 42.7 Å². The van der Waals surface area contributed by atoms with Crippen LogP contribution in [0.25, 0.3) is 0 Å². The fourth-order valence-electron chi connectivity index (χ4n) is 3.07. The van der Waals surface area contributed by atoms with E-state index in [-0.39, 0.29) is 42.9 Å². The SMILES string of the molecule is CC(C)NC(=O)C[NH+](C)CC(=O)Nc1ccccc1C(=O)N[C@@H](C)c1ccccc1. The number of quaternary nitrogens is 1. The highest BCUT2D eigenvalue weighted by atomic mass is 16.2. The minimum Gasteiger partial charge on any atom is -0.349 e. The third-order valence-electron chi connectivity index (χ3n) is 4.47. The van der Waals surface area contributed by atoms with Crippen LogP contribution >= 0.6 is 0 Å². The number of rotatable bonds is 9. The molecule has 0 spiro atoms. The van der Waals surface area contributed by atoms with Gasteiger partial charge in [-0.1, -0.05) is 42.5 Å². The molecule has 0 heterocycles. The van der Waals surface area contributed by atoms with Gasteiger partial charge in [0.1, 0.15) is 0 Å². The van der Waals surface area contributed by atoms with Gasteiger partial charge in [0.25, 0.3) is 17.7 Å². The molecule has 2 atom stereocenters. The van der Waals surface area contributed by atoms with Gasteiger partial charge in [0.2, 0.25) is 0 Å². The topological polar surface area (TPSA) is 91.7 Å². The Balaban J connectivity index is 1.98. The fourth-order valence-corrected chi connectivity index (χ4v) is 3.07. The minimum absolute atomic E-state index is 0.0581. The Kier molecular flexibility index (Phi) is 8.55. The Morgan fingerprint density at radius 3 is 2.10 bits per heavy atom. The maximum Gasteiger partial charge on any atom is 0.279 e.